The maximum absolute atomic E-state index is 4.86. The Balaban J connectivity index is 1.96. The van der Waals surface area contributed by atoms with Crippen molar-refractivity contribution in [3.63, 3.8) is 0 Å². The van der Waals surface area contributed by atoms with Crippen molar-refractivity contribution in [2.45, 2.75) is 58.4 Å². The van der Waals surface area contributed by atoms with Crippen LogP contribution in [0.25, 0.3) is 0 Å². The average Bonchev–Trinajstić information content (AvgIpc) is 2.75. The second-order valence-electron chi connectivity index (χ2n) is 5.31. The lowest BCUT2D eigenvalue weighted by Crippen LogP contribution is -2.52. The second-order valence-corrected chi connectivity index (χ2v) is 5.31. The Kier molecular flexibility index (Phi) is 4.21. The van der Waals surface area contributed by atoms with Gasteiger partial charge in [0, 0.05) is 6.08 Å². The molecular weight excluding hydrogens is 210 g/mol. The van der Waals surface area contributed by atoms with Crippen LogP contribution in [0.15, 0.2) is 17.3 Å². The summed E-state index contributed by atoms with van der Waals surface area (Å²) in [4.78, 5) is 4.86. The van der Waals surface area contributed by atoms with Crippen LogP contribution in [0.3, 0.4) is 0 Å². The molecule has 1 aliphatic heterocycles. The highest BCUT2D eigenvalue weighted by Gasteiger charge is 2.29. The molecule has 17 heavy (non-hydrogen) atoms. The largest absolute Gasteiger partial charge is 0.261 e. The van der Waals surface area contributed by atoms with Gasteiger partial charge in [0.05, 0.1) is 6.04 Å². The van der Waals surface area contributed by atoms with Gasteiger partial charge in [-0.2, -0.15) is 4.59 Å². The molecule has 1 fully saturated rings. The molecule has 1 N–H and O–H groups in total. The number of quaternary nitrogens is 1. The summed E-state index contributed by atoms with van der Waals surface area (Å²) < 4.78 is 0.877. The zero-order valence-corrected chi connectivity index (χ0v) is 11.3. The molecule has 0 amide bonds. The Hall–Kier alpha value is -0.830. The van der Waals surface area contributed by atoms with Crippen LogP contribution >= 0.6 is 0 Å². The fraction of sp³-hybridized carbons (Fsp3) is 0.786. The number of hydrogen-bond acceptors (Lipinski definition) is 1. The lowest BCUT2D eigenvalue weighted by molar-refractivity contribution is -0.908. The Labute approximate surface area is 105 Å². The smallest absolute Gasteiger partial charge is 0.175 e. The van der Waals surface area contributed by atoms with E-state index in [0.717, 1.165) is 23.5 Å². The van der Waals surface area contributed by atoms with E-state index in [9.17, 15) is 0 Å². The van der Waals surface area contributed by atoms with Gasteiger partial charge in [0.25, 0.3) is 0 Å². The molecule has 1 atom stereocenters. The topological polar surface area (TPSA) is 24.4 Å². The summed E-state index contributed by atoms with van der Waals surface area (Å²) in [5, 5.41) is 0. The van der Waals surface area contributed by atoms with Crippen LogP contribution in [0.2, 0.25) is 0 Å². The predicted molar refractivity (Wildman–Crippen MR) is 72.5 cm³/mol. The maximum Gasteiger partial charge on any atom is 0.175 e. The molecule has 0 saturated heterocycles. The van der Waals surface area contributed by atoms with Crippen LogP contribution in [0.4, 0.5) is 0 Å². The van der Waals surface area contributed by atoms with E-state index >= 15 is 0 Å². The van der Waals surface area contributed by atoms with Crippen molar-refractivity contribution >= 4 is 5.84 Å². The normalized spacial score (nSPS) is 32.0. The van der Waals surface area contributed by atoms with Crippen molar-refractivity contribution in [2.24, 2.45) is 4.99 Å². The van der Waals surface area contributed by atoms with Gasteiger partial charge >= 0.3 is 0 Å². The molecule has 1 heterocycles. The molecule has 0 bridgehead atoms. The van der Waals surface area contributed by atoms with Gasteiger partial charge in [0.2, 0.25) is 0 Å². The molecule has 0 aromatic heterocycles. The lowest BCUT2D eigenvalue weighted by atomic mass is 9.96. The molecule has 2 aliphatic rings. The first-order chi connectivity index (χ1) is 8.28. The third-order valence-electron chi connectivity index (χ3n) is 3.94. The molecule has 3 nitrogen and oxygen atoms in total. The van der Waals surface area contributed by atoms with E-state index in [1.807, 2.05) is 0 Å². The quantitative estimate of drug-likeness (QED) is 0.746. The monoisotopic (exact) mass is 236 g/mol. The molecule has 0 spiro atoms. The Morgan fingerprint density at radius 1 is 1.29 bits per heavy atom. The Bertz CT molecular complexity index is 303. The number of rotatable bonds is 4. The highest BCUT2D eigenvalue weighted by atomic mass is 15.7. The van der Waals surface area contributed by atoms with Crippen molar-refractivity contribution in [3.8, 4) is 0 Å². The third-order valence-corrected chi connectivity index (χ3v) is 3.94. The molecular formula is C14H26N3+. The number of nitrogens with one attached hydrogen (secondary N) is 1. The summed E-state index contributed by atoms with van der Waals surface area (Å²) in [6.45, 7) is 6.71. The standard InChI is InChI=1S/C14H26N3/c1-3-11-17(4-2)12-10-14(16-17)15-13-8-6-5-7-9-13/h10,12-13H,3-9,11H2,1-2H3,(H,15,16)/q+1. The van der Waals surface area contributed by atoms with E-state index in [-0.39, 0.29) is 0 Å². The molecule has 0 aromatic rings. The van der Waals surface area contributed by atoms with Crippen molar-refractivity contribution in [1.82, 2.24) is 5.43 Å². The van der Waals surface area contributed by atoms with E-state index in [4.69, 9.17) is 4.99 Å². The third kappa shape index (κ3) is 3.09. The predicted octanol–water partition coefficient (Wildman–Crippen LogP) is 3.00. The van der Waals surface area contributed by atoms with Crippen molar-refractivity contribution in [3.05, 3.63) is 12.3 Å². The molecule has 3 heteroatoms. The fourth-order valence-electron chi connectivity index (χ4n) is 2.87. The van der Waals surface area contributed by atoms with Gasteiger partial charge in [-0.15, -0.1) is 0 Å². The minimum absolute atomic E-state index is 0.564. The Morgan fingerprint density at radius 2 is 2.06 bits per heavy atom. The zero-order valence-electron chi connectivity index (χ0n) is 11.3. The number of aliphatic imine (C=N–C) groups is 1. The van der Waals surface area contributed by atoms with Crippen molar-refractivity contribution in [2.75, 3.05) is 13.1 Å². The van der Waals surface area contributed by atoms with Gasteiger partial charge in [0.15, 0.2) is 5.84 Å². The van der Waals surface area contributed by atoms with Crippen molar-refractivity contribution < 1.29 is 4.59 Å². The summed E-state index contributed by atoms with van der Waals surface area (Å²) >= 11 is 0. The molecule has 0 radical (unpaired) electrons. The van der Waals surface area contributed by atoms with Crippen molar-refractivity contribution in [1.29, 1.82) is 0 Å². The lowest BCUT2D eigenvalue weighted by Gasteiger charge is -2.29. The molecule has 1 saturated carbocycles. The van der Waals surface area contributed by atoms with Gasteiger partial charge in [-0.25, -0.2) is 5.43 Å². The summed E-state index contributed by atoms with van der Waals surface area (Å²) in [6, 6.07) is 0.564. The molecule has 1 aliphatic carbocycles. The van der Waals surface area contributed by atoms with Gasteiger partial charge in [-0.05, 0) is 26.2 Å². The van der Waals surface area contributed by atoms with Crippen LogP contribution in [0.5, 0.6) is 0 Å². The zero-order chi connectivity index (χ0) is 12.1. The van der Waals surface area contributed by atoms with E-state index in [0.29, 0.717) is 6.04 Å². The van der Waals surface area contributed by atoms with Gasteiger partial charge < -0.3 is 0 Å². The molecule has 2 rings (SSSR count). The average molecular weight is 236 g/mol. The fourth-order valence-corrected chi connectivity index (χ4v) is 2.87. The van der Waals surface area contributed by atoms with Crippen LogP contribution in [0.1, 0.15) is 52.4 Å². The molecule has 1 unspecified atom stereocenters. The number of amidine groups is 1. The Morgan fingerprint density at radius 3 is 2.71 bits per heavy atom. The van der Waals surface area contributed by atoms with E-state index in [1.165, 1.54) is 38.5 Å². The number of hydrogen-bond donors (Lipinski definition) is 1. The van der Waals surface area contributed by atoms with Gasteiger partial charge in [-0.1, -0.05) is 26.2 Å². The summed E-state index contributed by atoms with van der Waals surface area (Å²) in [5.41, 5.74) is 3.58. The number of nitrogens with zero attached hydrogens (tertiary/aromatic N) is 2. The minimum atomic E-state index is 0.564. The maximum atomic E-state index is 4.86. The van der Waals surface area contributed by atoms with E-state index < -0.39 is 0 Å². The SMILES string of the molecule is CCC[N+]1(CC)C=CC(=NC2CCCCC2)N1. The van der Waals surface area contributed by atoms with Crippen LogP contribution < -0.4 is 5.43 Å². The second kappa shape index (κ2) is 5.67. The first kappa shape index (κ1) is 12.6. The highest BCUT2D eigenvalue weighted by Crippen LogP contribution is 2.21. The first-order valence-electron chi connectivity index (χ1n) is 7.20. The summed E-state index contributed by atoms with van der Waals surface area (Å²) in [5.74, 6) is 1.10. The van der Waals surface area contributed by atoms with E-state index in [2.05, 4.69) is 31.5 Å². The summed E-state index contributed by atoms with van der Waals surface area (Å²) in [6.07, 6.45) is 12.3. The van der Waals surface area contributed by atoms with Crippen LogP contribution in [-0.2, 0) is 0 Å². The molecule has 0 aromatic carbocycles. The molecule has 96 valence electrons. The summed E-state index contributed by atoms with van der Waals surface area (Å²) in [7, 11) is 0. The minimum Gasteiger partial charge on any atom is -0.261 e. The van der Waals surface area contributed by atoms with Crippen LogP contribution in [0, 0.1) is 0 Å². The first-order valence-corrected chi connectivity index (χ1v) is 7.20. The van der Waals surface area contributed by atoms with Gasteiger partial charge in [-0.3, -0.25) is 4.99 Å². The highest BCUT2D eigenvalue weighted by molar-refractivity contribution is 5.93. The van der Waals surface area contributed by atoms with Crippen LogP contribution in [-0.4, -0.2) is 29.6 Å². The van der Waals surface area contributed by atoms with E-state index in [1.54, 1.807) is 0 Å². The van der Waals surface area contributed by atoms with Gasteiger partial charge in [0.1, 0.15) is 19.3 Å².